The minimum absolute atomic E-state index is 0.0125. The third-order valence-corrected chi connectivity index (χ3v) is 6.41. The van der Waals surface area contributed by atoms with Crippen LogP contribution in [-0.4, -0.2) is 33.4 Å². The molecule has 31 heavy (non-hydrogen) atoms. The van der Waals surface area contributed by atoms with Gasteiger partial charge in [-0.3, -0.25) is 4.79 Å². The molecular formula is C23H20BrN3O3S. The smallest absolute Gasteiger partial charge is 0.277 e. The van der Waals surface area contributed by atoms with Gasteiger partial charge in [0.1, 0.15) is 5.75 Å². The predicted molar refractivity (Wildman–Crippen MR) is 124 cm³/mol. The molecule has 0 aliphatic carbocycles. The summed E-state index contributed by atoms with van der Waals surface area (Å²) in [5.74, 6) is 1.43. The summed E-state index contributed by atoms with van der Waals surface area (Å²) in [4.78, 5) is 12.9. The number of benzene rings is 2. The number of carbonyl (C=O) groups is 1. The van der Waals surface area contributed by atoms with Gasteiger partial charge in [-0.2, -0.15) is 0 Å². The fraction of sp³-hybridized carbons (Fsp3) is 0.174. The van der Waals surface area contributed by atoms with Crippen LogP contribution in [0.2, 0.25) is 0 Å². The molecule has 0 spiro atoms. The third kappa shape index (κ3) is 4.45. The van der Waals surface area contributed by atoms with Gasteiger partial charge < -0.3 is 13.7 Å². The molecule has 0 N–H and O–H groups in total. The van der Waals surface area contributed by atoms with Crippen molar-refractivity contribution in [2.24, 2.45) is 0 Å². The molecule has 6 nitrogen and oxygen atoms in total. The van der Waals surface area contributed by atoms with E-state index in [0.29, 0.717) is 16.7 Å². The molecule has 158 valence electrons. The molecule has 4 rings (SSSR count). The molecule has 0 fully saturated rings. The monoisotopic (exact) mass is 497 g/mol. The van der Waals surface area contributed by atoms with E-state index < -0.39 is 0 Å². The van der Waals surface area contributed by atoms with E-state index in [4.69, 9.17) is 9.15 Å². The van der Waals surface area contributed by atoms with E-state index >= 15 is 0 Å². The number of nitrogens with zero attached hydrogens (tertiary/aromatic N) is 3. The van der Waals surface area contributed by atoms with Gasteiger partial charge in [0.15, 0.2) is 5.78 Å². The quantitative estimate of drug-likeness (QED) is 0.234. The van der Waals surface area contributed by atoms with Crippen molar-refractivity contribution < 1.29 is 13.9 Å². The van der Waals surface area contributed by atoms with Crippen molar-refractivity contribution in [1.29, 1.82) is 0 Å². The molecule has 2 heterocycles. The average molecular weight is 498 g/mol. The maximum absolute atomic E-state index is 12.9. The minimum Gasteiger partial charge on any atom is -0.497 e. The second-order valence-electron chi connectivity index (χ2n) is 6.88. The standard InChI is InChI=1S/C23H20BrN3O3S/c1-14-12-19(15(2)27(14)16-8-10-17(29-3)11-9-16)21(28)13-31-23-26-25-22(30-23)18-6-4-5-7-20(18)24/h4-12H,13H2,1-3H3. The zero-order chi connectivity index (χ0) is 22.0. The number of Topliss-reactive ketones (excluding diaryl/α,β-unsaturated/α-hetero) is 1. The number of aromatic nitrogens is 3. The lowest BCUT2D eigenvalue weighted by Gasteiger charge is -2.10. The molecule has 0 bridgehead atoms. The summed E-state index contributed by atoms with van der Waals surface area (Å²) in [6.45, 7) is 3.94. The van der Waals surface area contributed by atoms with Crippen LogP contribution in [0, 0.1) is 13.8 Å². The minimum atomic E-state index is 0.0125. The van der Waals surface area contributed by atoms with Crippen LogP contribution in [0.4, 0.5) is 0 Å². The van der Waals surface area contributed by atoms with Gasteiger partial charge in [-0.15, -0.1) is 10.2 Å². The van der Waals surface area contributed by atoms with E-state index in [1.807, 2.05) is 68.4 Å². The van der Waals surface area contributed by atoms with Crippen LogP contribution in [-0.2, 0) is 0 Å². The largest absolute Gasteiger partial charge is 0.497 e. The Balaban J connectivity index is 1.49. The van der Waals surface area contributed by atoms with Crippen LogP contribution in [0.1, 0.15) is 21.7 Å². The van der Waals surface area contributed by atoms with Crippen molar-refractivity contribution >= 4 is 33.5 Å². The number of aryl methyl sites for hydroxylation is 1. The van der Waals surface area contributed by atoms with E-state index in [9.17, 15) is 4.79 Å². The summed E-state index contributed by atoms with van der Waals surface area (Å²) >= 11 is 4.72. The van der Waals surface area contributed by atoms with Crippen LogP contribution in [0.15, 0.2) is 68.7 Å². The first-order valence-corrected chi connectivity index (χ1v) is 11.3. The Morgan fingerprint density at radius 2 is 1.87 bits per heavy atom. The lowest BCUT2D eigenvalue weighted by atomic mass is 10.2. The maximum atomic E-state index is 12.9. The zero-order valence-electron chi connectivity index (χ0n) is 17.3. The first-order chi connectivity index (χ1) is 15.0. The van der Waals surface area contributed by atoms with Gasteiger partial charge in [0.2, 0.25) is 5.89 Å². The number of hydrogen-bond acceptors (Lipinski definition) is 6. The Kier molecular flexibility index (Phi) is 6.29. The molecule has 0 atom stereocenters. The summed E-state index contributed by atoms with van der Waals surface area (Å²) in [6, 6.07) is 17.3. The number of halogens is 1. The molecule has 0 unspecified atom stereocenters. The van der Waals surface area contributed by atoms with E-state index in [0.717, 1.165) is 32.9 Å². The van der Waals surface area contributed by atoms with Crippen LogP contribution in [0.3, 0.4) is 0 Å². The van der Waals surface area contributed by atoms with Gasteiger partial charge in [-0.25, -0.2) is 0 Å². The summed E-state index contributed by atoms with van der Waals surface area (Å²) in [7, 11) is 1.64. The number of hydrogen-bond donors (Lipinski definition) is 0. The molecule has 0 saturated carbocycles. The topological polar surface area (TPSA) is 70.2 Å². The summed E-state index contributed by atoms with van der Waals surface area (Å²) in [5, 5.41) is 8.52. The van der Waals surface area contributed by atoms with Crippen molar-refractivity contribution in [3.8, 4) is 22.9 Å². The first kappa shape index (κ1) is 21.4. The van der Waals surface area contributed by atoms with E-state index in [2.05, 4.69) is 30.7 Å². The van der Waals surface area contributed by atoms with Gasteiger partial charge in [0.25, 0.3) is 5.22 Å². The molecular weight excluding hydrogens is 478 g/mol. The van der Waals surface area contributed by atoms with Gasteiger partial charge in [0, 0.05) is 27.1 Å². The molecule has 2 aromatic carbocycles. The molecule has 0 radical (unpaired) electrons. The number of carbonyl (C=O) groups excluding carboxylic acids is 1. The van der Waals surface area contributed by atoms with Crippen LogP contribution in [0.25, 0.3) is 17.1 Å². The van der Waals surface area contributed by atoms with Crippen molar-refractivity contribution in [2.75, 3.05) is 12.9 Å². The number of ether oxygens (including phenoxy) is 1. The van der Waals surface area contributed by atoms with Gasteiger partial charge >= 0.3 is 0 Å². The SMILES string of the molecule is COc1ccc(-n2c(C)cc(C(=O)CSc3nnc(-c4ccccc4Br)o3)c2C)cc1. The Bertz CT molecular complexity index is 1230. The Hall–Kier alpha value is -2.84. The highest BCUT2D eigenvalue weighted by Crippen LogP contribution is 2.30. The van der Waals surface area contributed by atoms with Crippen LogP contribution >= 0.6 is 27.7 Å². The van der Waals surface area contributed by atoms with Crippen molar-refractivity contribution in [3.63, 3.8) is 0 Å². The lowest BCUT2D eigenvalue weighted by Crippen LogP contribution is -2.05. The highest BCUT2D eigenvalue weighted by molar-refractivity contribution is 9.10. The van der Waals surface area contributed by atoms with Gasteiger partial charge in [-0.05, 0) is 72.2 Å². The molecule has 0 saturated heterocycles. The Labute approximate surface area is 192 Å². The zero-order valence-corrected chi connectivity index (χ0v) is 19.7. The van der Waals surface area contributed by atoms with Crippen LogP contribution in [0.5, 0.6) is 5.75 Å². The van der Waals surface area contributed by atoms with Crippen LogP contribution < -0.4 is 4.74 Å². The average Bonchev–Trinajstić information content (AvgIpc) is 3.36. The summed E-state index contributed by atoms with van der Waals surface area (Å²) in [6.07, 6.45) is 0. The molecule has 4 aromatic rings. The second kappa shape index (κ2) is 9.11. The Morgan fingerprint density at radius 1 is 1.13 bits per heavy atom. The second-order valence-corrected chi connectivity index (χ2v) is 8.66. The molecule has 0 aliphatic rings. The molecule has 0 amide bonds. The van der Waals surface area contributed by atoms with E-state index in [1.54, 1.807) is 7.11 Å². The van der Waals surface area contributed by atoms with Gasteiger partial charge in [0.05, 0.1) is 18.4 Å². The van der Waals surface area contributed by atoms with Crippen molar-refractivity contribution in [1.82, 2.24) is 14.8 Å². The third-order valence-electron chi connectivity index (χ3n) is 4.90. The highest BCUT2D eigenvalue weighted by Gasteiger charge is 2.19. The molecule has 0 aliphatic heterocycles. The van der Waals surface area contributed by atoms with Crippen molar-refractivity contribution in [2.45, 2.75) is 19.1 Å². The molecule has 8 heteroatoms. The molecule has 2 aromatic heterocycles. The maximum Gasteiger partial charge on any atom is 0.277 e. The normalized spacial score (nSPS) is 11.0. The number of methoxy groups -OCH3 is 1. The first-order valence-electron chi connectivity index (χ1n) is 9.55. The number of thioether (sulfide) groups is 1. The van der Waals surface area contributed by atoms with Crippen molar-refractivity contribution in [3.05, 3.63) is 76.0 Å². The fourth-order valence-electron chi connectivity index (χ4n) is 3.39. The fourth-order valence-corrected chi connectivity index (χ4v) is 4.49. The summed E-state index contributed by atoms with van der Waals surface area (Å²) < 4.78 is 13.9. The van der Waals surface area contributed by atoms with E-state index in [-0.39, 0.29) is 11.5 Å². The van der Waals surface area contributed by atoms with E-state index in [1.165, 1.54) is 11.8 Å². The predicted octanol–water partition coefficient (Wildman–Crippen LogP) is 5.89. The number of ketones is 1. The summed E-state index contributed by atoms with van der Waals surface area (Å²) in [5.41, 5.74) is 4.37. The number of rotatable bonds is 7. The van der Waals surface area contributed by atoms with Gasteiger partial charge in [-0.1, -0.05) is 23.9 Å². The Morgan fingerprint density at radius 3 is 2.58 bits per heavy atom. The lowest BCUT2D eigenvalue weighted by molar-refractivity contribution is 0.102. The highest BCUT2D eigenvalue weighted by atomic mass is 79.9.